The number of aryl methyl sites for hydroxylation is 1. The van der Waals surface area contributed by atoms with Gasteiger partial charge >= 0.3 is 6.09 Å². The third-order valence-corrected chi connectivity index (χ3v) is 7.31. The third-order valence-electron chi connectivity index (χ3n) is 7.07. The second-order valence-electron chi connectivity index (χ2n) is 10.7. The molecule has 1 heterocycles. The van der Waals surface area contributed by atoms with Crippen LogP contribution in [0.4, 0.5) is 4.79 Å². The highest BCUT2D eigenvalue weighted by molar-refractivity contribution is 6.31. The van der Waals surface area contributed by atoms with Crippen molar-refractivity contribution in [2.75, 3.05) is 27.0 Å². The molecular formula is C33H37ClN4O5. The number of carbonyl (C=O) groups excluding carboxylic acids is 2. The van der Waals surface area contributed by atoms with Crippen LogP contribution in [-0.2, 0) is 16.0 Å². The average Bonchev–Trinajstić information content (AvgIpc) is 2.99. The summed E-state index contributed by atoms with van der Waals surface area (Å²) in [6.07, 6.45) is -0.172. The molecule has 0 aliphatic heterocycles. The topological polar surface area (TPSA) is 103 Å². The quantitative estimate of drug-likeness (QED) is 0.158. The van der Waals surface area contributed by atoms with Gasteiger partial charge in [-0.2, -0.15) is 0 Å². The van der Waals surface area contributed by atoms with Crippen molar-refractivity contribution in [2.24, 2.45) is 5.92 Å². The Morgan fingerprint density at radius 3 is 2.44 bits per heavy atom. The zero-order chi connectivity index (χ0) is 30.9. The minimum Gasteiger partial charge on any atom is -0.422 e. The lowest BCUT2D eigenvalue weighted by atomic mass is 9.98. The number of ether oxygens (including phenoxy) is 2. The fraction of sp³-hybridized carbons (Fsp3) is 0.333. The van der Waals surface area contributed by atoms with Crippen LogP contribution in [0.2, 0.25) is 5.02 Å². The van der Waals surface area contributed by atoms with Gasteiger partial charge in [-0.25, -0.2) is 9.78 Å². The maximum atomic E-state index is 14.2. The third kappa shape index (κ3) is 8.00. The molecule has 0 aliphatic carbocycles. The van der Waals surface area contributed by atoms with E-state index in [-0.39, 0.29) is 43.8 Å². The van der Waals surface area contributed by atoms with E-state index in [0.717, 1.165) is 11.1 Å². The monoisotopic (exact) mass is 604 g/mol. The molecule has 0 radical (unpaired) electrons. The van der Waals surface area contributed by atoms with Crippen molar-refractivity contribution in [1.82, 2.24) is 19.8 Å². The summed E-state index contributed by atoms with van der Waals surface area (Å²) in [6.45, 7) is 6.64. The van der Waals surface area contributed by atoms with Gasteiger partial charge in [0.2, 0.25) is 0 Å². The molecule has 3 aromatic carbocycles. The summed E-state index contributed by atoms with van der Waals surface area (Å²) in [5.41, 5.74) is 2.74. The van der Waals surface area contributed by atoms with E-state index >= 15 is 0 Å². The van der Waals surface area contributed by atoms with Crippen LogP contribution in [0.3, 0.4) is 0 Å². The Labute approximate surface area is 256 Å². The number of fused-ring (bicyclic) bond motifs is 1. The molecule has 1 N–H and O–H groups in total. The van der Waals surface area contributed by atoms with E-state index in [2.05, 4.69) is 5.32 Å². The second kappa shape index (κ2) is 14.8. The number of nitrogens with zero attached hydrogens (tertiary/aromatic N) is 3. The van der Waals surface area contributed by atoms with Gasteiger partial charge in [-0.05, 0) is 55.2 Å². The van der Waals surface area contributed by atoms with Gasteiger partial charge in [0.05, 0.1) is 23.5 Å². The molecule has 1 atom stereocenters. The van der Waals surface area contributed by atoms with Gasteiger partial charge in [-0.1, -0.05) is 73.5 Å². The van der Waals surface area contributed by atoms with Crippen molar-refractivity contribution >= 4 is 34.5 Å². The molecule has 9 nitrogen and oxygen atoms in total. The van der Waals surface area contributed by atoms with Gasteiger partial charge in [-0.15, -0.1) is 0 Å². The summed E-state index contributed by atoms with van der Waals surface area (Å²) >= 11 is 6.32. The summed E-state index contributed by atoms with van der Waals surface area (Å²) in [6, 6.07) is 21.5. The average molecular weight is 605 g/mol. The Hall–Kier alpha value is -4.21. The summed E-state index contributed by atoms with van der Waals surface area (Å²) in [5, 5.41) is 3.60. The first-order valence-corrected chi connectivity index (χ1v) is 14.6. The molecule has 2 amide bonds. The normalized spacial score (nSPS) is 11.9. The van der Waals surface area contributed by atoms with Crippen LogP contribution in [0, 0.1) is 12.8 Å². The minimum absolute atomic E-state index is 0.125. The number of alkyl carbamates (subject to hydrolysis) is 1. The first kappa shape index (κ1) is 31.7. The van der Waals surface area contributed by atoms with Crippen molar-refractivity contribution in [3.05, 3.63) is 111 Å². The Balaban J connectivity index is 1.80. The van der Waals surface area contributed by atoms with E-state index in [1.807, 2.05) is 63.2 Å². The van der Waals surface area contributed by atoms with Crippen LogP contribution >= 0.6 is 11.6 Å². The number of hydrogen-bond acceptors (Lipinski definition) is 6. The fourth-order valence-electron chi connectivity index (χ4n) is 4.99. The van der Waals surface area contributed by atoms with Crippen LogP contribution < -0.4 is 10.9 Å². The molecule has 43 heavy (non-hydrogen) atoms. The fourth-order valence-corrected chi connectivity index (χ4v) is 5.15. The molecule has 0 fully saturated rings. The molecule has 226 valence electrons. The maximum Gasteiger partial charge on any atom is 0.409 e. The van der Waals surface area contributed by atoms with Gasteiger partial charge in [0.25, 0.3) is 11.5 Å². The highest BCUT2D eigenvalue weighted by Gasteiger charge is 2.32. The largest absolute Gasteiger partial charge is 0.422 e. The predicted molar refractivity (Wildman–Crippen MR) is 167 cm³/mol. The number of nitrogens with one attached hydrogen (secondary N) is 1. The van der Waals surface area contributed by atoms with Crippen molar-refractivity contribution < 1.29 is 19.1 Å². The minimum atomic E-state index is -0.608. The van der Waals surface area contributed by atoms with Gasteiger partial charge < -0.3 is 19.7 Å². The molecule has 0 spiro atoms. The lowest BCUT2D eigenvalue weighted by molar-refractivity contribution is 0.0119. The second-order valence-corrected chi connectivity index (χ2v) is 11.1. The molecule has 10 heteroatoms. The van der Waals surface area contributed by atoms with Gasteiger partial charge in [0, 0.05) is 30.8 Å². The molecular weight excluding hydrogens is 568 g/mol. The predicted octanol–water partition coefficient (Wildman–Crippen LogP) is 5.97. The summed E-state index contributed by atoms with van der Waals surface area (Å²) in [4.78, 5) is 46.9. The Kier molecular flexibility index (Phi) is 10.9. The summed E-state index contributed by atoms with van der Waals surface area (Å²) in [7, 11) is 1.43. The lowest BCUT2D eigenvalue weighted by Gasteiger charge is -2.35. The summed E-state index contributed by atoms with van der Waals surface area (Å²) in [5.74, 6) is 0.137. The lowest BCUT2D eigenvalue weighted by Crippen LogP contribution is -2.42. The van der Waals surface area contributed by atoms with Crippen LogP contribution in [-0.4, -0.2) is 53.4 Å². The van der Waals surface area contributed by atoms with Crippen LogP contribution in [0.15, 0.2) is 77.6 Å². The van der Waals surface area contributed by atoms with E-state index in [1.165, 1.54) is 7.11 Å². The number of rotatable bonds is 12. The summed E-state index contributed by atoms with van der Waals surface area (Å²) < 4.78 is 11.3. The zero-order valence-electron chi connectivity index (χ0n) is 24.9. The van der Waals surface area contributed by atoms with E-state index in [4.69, 9.17) is 26.1 Å². The SMILES string of the molecule is COCOC(=O)NCCCN(C(=O)c1ccc(C)cc1)C(c1nc2cc(Cl)ccc2c(=O)n1Cc1ccccc1)C(C)C. The van der Waals surface area contributed by atoms with Gasteiger partial charge in [0.15, 0.2) is 6.79 Å². The van der Waals surface area contributed by atoms with Crippen molar-refractivity contribution in [2.45, 2.75) is 39.8 Å². The van der Waals surface area contributed by atoms with Crippen molar-refractivity contribution in [3.8, 4) is 0 Å². The number of aromatic nitrogens is 2. The highest BCUT2D eigenvalue weighted by Crippen LogP contribution is 2.31. The molecule has 1 aromatic heterocycles. The van der Waals surface area contributed by atoms with E-state index in [0.29, 0.717) is 33.7 Å². The number of carbonyl (C=O) groups is 2. The molecule has 1 unspecified atom stereocenters. The number of halogens is 1. The van der Waals surface area contributed by atoms with Gasteiger partial charge in [0.1, 0.15) is 5.82 Å². The number of hydrogen-bond donors (Lipinski definition) is 1. The van der Waals surface area contributed by atoms with Crippen molar-refractivity contribution in [3.63, 3.8) is 0 Å². The number of amides is 2. The van der Waals surface area contributed by atoms with Crippen LogP contribution in [0.1, 0.15) is 53.6 Å². The van der Waals surface area contributed by atoms with E-state index < -0.39 is 12.1 Å². The Morgan fingerprint density at radius 2 is 1.77 bits per heavy atom. The number of methoxy groups -OCH3 is 1. The molecule has 0 aliphatic rings. The van der Waals surface area contributed by atoms with Crippen LogP contribution in [0.5, 0.6) is 0 Å². The molecule has 4 aromatic rings. The van der Waals surface area contributed by atoms with Crippen LogP contribution in [0.25, 0.3) is 10.9 Å². The number of benzene rings is 3. The van der Waals surface area contributed by atoms with Crippen molar-refractivity contribution in [1.29, 1.82) is 0 Å². The van der Waals surface area contributed by atoms with E-state index in [1.54, 1.807) is 39.8 Å². The highest BCUT2D eigenvalue weighted by atomic mass is 35.5. The molecule has 0 bridgehead atoms. The zero-order valence-corrected chi connectivity index (χ0v) is 25.6. The molecule has 4 rings (SSSR count). The smallest absolute Gasteiger partial charge is 0.409 e. The van der Waals surface area contributed by atoms with Gasteiger partial charge in [-0.3, -0.25) is 14.2 Å². The standard InChI is InChI=1S/C33H37ClN4O5/c1-22(2)29(37(18-8-17-35-33(41)43-21-42-4)31(39)25-13-11-23(3)12-14-25)30-36-28-19-26(34)15-16-27(28)32(40)38(30)20-24-9-6-5-7-10-24/h5-7,9-16,19,22,29H,8,17-18,20-21H2,1-4H3,(H,35,41). The first-order chi connectivity index (χ1) is 20.7. The molecule has 0 saturated heterocycles. The Bertz CT molecular complexity index is 1610. The Morgan fingerprint density at radius 1 is 1.05 bits per heavy atom. The molecule has 0 saturated carbocycles. The van der Waals surface area contributed by atoms with E-state index in [9.17, 15) is 14.4 Å². The maximum absolute atomic E-state index is 14.2. The first-order valence-electron chi connectivity index (χ1n) is 14.2.